The average molecular weight is 249 g/mol. The Morgan fingerprint density at radius 3 is 2.58 bits per heavy atom. The molecule has 3 rings (SSSR count). The lowest BCUT2D eigenvalue weighted by atomic mass is 9.96. The van der Waals surface area contributed by atoms with Gasteiger partial charge >= 0.3 is 0 Å². The van der Waals surface area contributed by atoms with Crippen LogP contribution in [0.4, 0.5) is 5.69 Å². The summed E-state index contributed by atoms with van der Waals surface area (Å²) in [7, 11) is 0. The summed E-state index contributed by atoms with van der Waals surface area (Å²) in [5, 5.41) is 3.39. The Morgan fingerprint density at radius 1 is 1.00 bits per heavy atom. The van der Waals surface area contributed by atoms with E-state index in [1.54, 1.807) is 0 Å². The van der Waals surface area contributed by atoms with Crippen molar-refractivity contribution in [2.75, 3.05) is 5.32 Å². The first-order chi connectivity index (χ1) is 9.33. The van der Waals surface area contributed by atoms with Crippen molar-refractivity contribution in [2.45, 2.75) is 12.5 Å². The molecular weight excluding hydrogens is 234 g/mol. The monoisotopic (exact) mass is 249 g/mol. The predicted octanol–water partition coefficient (Wildman–Crippen LogP) is 3.77. The summed E-state index contributed by atoms with van der Waals surface area (Å²) in [6.45, 7) is 0. The van der Waals surface area contributed by atoms with Crippen molar-refractivity contribution in [3.8, 4) is 0 Å². The number of Topliss-reactive ketones (excluding diaryl/α,β-unsaturated/α-hetero) is 1. The molecule has 0 aromatic heterocycles. The molecule has 1 aliphatic rings. The SMILES string of the molecule is O=C1CC(C=Cc2ccccc2)Nc2ccccc21. The van der Waals surface area contributed by atoms with Crippen molar-refractivity contribution in [3.05, 3.63) is 71.8 Å². The zero-order chi connectivity index (χ0) is 13.1. The van der Waals surface area contributed by atoms with Gasteiger partial charge in [0.1, 0.15) is 0 Å². The fraction of sp³-hybridized carbons (Fsp3) is 0.118. The molecule has 0 bridgehead atoms. The van der Waals surface area contributed by atoms with Crippen LogP contribution in [-0.4, -0.2) is 11.8 Å². The van der Waals surface area contributed by atoms with Gasteiger partial charge in [-0.05, 0) is 17.7 Å². The van der Waals surface area contributed by atoms with Gasteiger partial charge in [-0.25, -0.2) is 0 Å². The van der Waals surface area contributed by atoms with Crippen LogP contribution >= 0.6 is 0 Å². The standard InChI is InChI=1S/C17H15NO/c19-17-12-14(11-10-13-6-2-1-3-7-13)18-16-9-5-4-8-15(16)17/h1-11,14,18H,12H2. The summed E-state index contributed by atoms with van der Waals surface area (Å²) in [6.07, 6.45) is 4.63. The van der Waals surface area contributed by atoms with Crippen LogP contribution in [0.3, 0.4) is 0 Å². The Labute approximate surface area is 112 Å². The first-order valence-corrected chi connectivity index (χ1v) is 6.45. The van der Waals surface area contributed by atoms with E-state index in [1.165, 1.54) is 0 Å². The van der Waals surface area contributed by atoms with E-state index >= 15 is 0 Å². The van der Waals surface area contributed by atoms with E-state index in [-0.39, 0.29) is 11.8 Å². The van der Waals surface area contributed by atoms with Crippen molar-refractivity contribution < 1.29 is 4.79 Å². The second-order valence-corrected chi connectivity index (χ2v) is 4.69. The minimum absolute atomic E-state index is 0.0719. The minimum Gasteiger partial charge on any atom is -0.378 e. The van der Waals surface area contributed by atoms with Gasteiger partial charge < -0.3 is 5.32 Å². The number of hydrogen-bond acceptors (Lipinski definition) is 2. The largest absolute Gasteiger partial charge is 0.378 e. The molecule has 0 radical (unpaired) electrons. The maximum Gasteiger partial charge on any atom is 0.167 e. The second kappa shape index (κ2) is 5.11. The Hall–Kier alpha value is -2.35. The van der Waals surface area contributed by atoms with Crippen LogP contribution in [0.2, 0.25) is 0 Å². The lowest BCUT2D eigenvalue weighted by Crippen LogP contribution is -2.27. The Kier molecular flexibility index (Phi) is 3.15. The van der Waals surface area contributed by atoms with Gasteiger partial charge in [-0.1, -0.05) is 54.6 Å². The fourth-order valence-electron chi connectivity index (χ4n) is 2.32. The highest BCUT2D eigenvalue weighted by Crippen LogP contribution is 2.25. The first kappa shape index (κ1) is 11.7. The highest BCUT2D eigenvalue weighted by Gasteiger charge is 2.21. The second-order valence-electron chi connectivity index (χ2n) is 4.69. The summed E-state index contributed by atoms with van der Waals surface area (Å²) >= 11 is 0. The number of nitrogens with one attached hydrogen (secondary N) is 1. The van der Waals surface area contributed by atoms with Crippen molar-refractivity contribution in [2.24, 2.45) is 0 Å². The van der Waals surface area contributed by atoms with E-state index in [0.717, 1.165) is 16.8 Å². The number of para-hydroxylation sites is 1. The third kappa shape index (κ3) is 2.58. The molecular formula is C17H15NO. The molecule has 2 nitrogen and oxygen atoms in total. The highest BCUT2D eigenvalue weighted by molar-refractivity contribution is 6.03. The Balaban J connectivity index is 1.79. The summed E-state index contributed by atoms with van der Waals surface area (Å²) in [6, 6.07) is 17.9. The van der Waals surface area contributed by atoms with E-state index < -0.39 is 0 Å². The maximum absolute atomic E-state index is 12.0. The van der Waals surface area contributed by atoms with Gasteiger partial charge in [0.05, 0.1) is 6.04 Å². The molecule has 2 aromatic rings. The topological polar surface area (TPSA) is 29.1 Å². The van der Waals surface area contributed by atoms with E-state index in [9.17, 15) is 4.79 Å². The number of anilines is 1. The highest BCUT2D eigenvalue weighted by atomic mass is 16.1. The van der Waals surface area contributed by atoms with Gasteiger partial charge in [-0.15, -0.1) is 0 Å². The summed E-state index contributed by atoms with van der Waals surface area (Å²) < 4.78 is 0. The molecule has 1 N–H and O–H groups in total. The molecule has 0 fully saturated rings. The third-order valence-corrected chi connectivity index (χ3v) is 3.29. The van der Waals surface area contributed by atoms with E-state index in [0.29, 0.717) is 6.42 Å². The van der Waals surface area contributed by atoms with Crippen LogP contribution in [0.15, 0.2) is 60.7 Å². The van der Waals surface area contributed by atoms with Crippen LogP contribution in [0.25, 0.3) is 6.08 Å². The fourth-order valence-corrected chi connectivity index (χ4v) is 2.32. The van der Waals surface area contributed by atoms with Gasteiger partial charge in [-0.2, -0.15) is 0 Å². The Morgan fingerprint density at radius 2 is 1.74 bits per heavy atom. The normalized spacial score (nSPS) is 18.1. The van der Waals surface area contributed by atoms with Crippen molar-refractivity contribution in [1.82, 2.24) is 0 Å². The number of carbonyl (C=O) groups is 1. The number of ketones is 1. The molecule has 0 amide bonds. The quantitative estimate of drug-likeness (QED) is 0.877. The van der Waals surface area contributed by atoms with E-state index in [4.69, 9.17) is 0 Å². The van der Waals surface area contributed by atoms with Crippen molar-refractivity contribution in [3.63, 3.8) is 0 Å². The zero-order valence-corrected chi connectivity index (χ0v) is 10.5. The summed E-state index contributed by atoms with van der Waals surface area (Å²) in [4.78, 5) is 12.0. The van der Waals surface area contributed by atoms with E-state index in [2.05, 4.69) is 29.6 Å². The number of rotatable bonds is 2. The maximum atomic E-state index is 12.0. The molecule has 1 unspecified atom stereocenters. The van der Waals surface area contributed by atoms with Crippen molar-refractivity contribution in [1.29, 1.82) is 0 Å². The number of benzene rings is 2. The molecule has 0 saturated heterocycles. The van der Waals surface area contributed by atoms with Gasteiger partial charge in [0, 0.05) is 17.7 Å². The summed E-state index contributed by atoms with van der Waals surface area (Å²) in [5.41, 5.74) is 2.88. The van der Waals surface area contributed by atoms with Gasteiger partial charge in [-0.3, -0.25) is 4.79 Å². The van der Waals surface area contributed by atoms with Crippen LogP contribution in [0.5, 0.6) is 0 Å². The van der Waals surface area contributed by atoms with Crippen LogP contribution in [0.1, 0.15) is 22.3 Å². The van der Waals surface area contributed by atoms with E-state index in [1.807, 2.05) is 42.5 Å². The number of carbonyl (C=O) groups excluding carboxylic acids is 1. The number of hydrogen-bond donors (Lipinski definition) is 1. The molecule has 2 heteroatoms. The summed E-state index contributed by atoms with van der Waals surface area (Å²) in [5.74, 6) is 0.206. The Bertz CT molecular complexity index is 616. The zero-order valence-electron chi connectivity index (χ0n) is 10.5. The van der Waals surface area contributed by atoms with Crippen LogP contribution in [0, 0.1) is 0 Å². The molecule has 1 aliphatic heterocycles. The molecule has 2 aromatic carbocycles. The average Bonchev–Trinajstić information content (AvgIpc) is 2.46. The molecule has 19 heavy (non-hydrogen) atoms. The van der Waals surface area contributed by atoms with Gasteiger partial charge in [0.25, 0.3) is 0 Å². The predicted molar refractivity (Wildman–Crippen MR) is 78.3 cm³/mol. The molecule has 0 saturated carbocycles. The molecule has 94 valence electrons. The lowest BCUT2D eigenvalue weighted by molar-refractivity contribution is 0.0977. The van der Waals surface area contributed by atoms with Gasteiger partial charge in [0.2, 0.25) is 0 Å². The smallest absolute Gasteiger partial charge is 0.167 e. The minimum atomic E-state index is 0.0719. The number of fused-ring (bicyclic) bond motifs is 1. The molecule has 0 spiro atoms. The van der Waals surface area contributed by atoms with Crippen LogP contribution < -0.4 is 5.32 Å². The van der Waals surface area contributed by atoms with Gasteiger partial charge in [0.15, 0.2) is 5.78 Å². The third-order valence-electron chi connectivity index (χ3n) is 3.29. The van der Waals surface area contributed by atoms with Crippen LogP contribution in [-0.2, 0) is 0 Å². The van der Waals surface area contributed by atoms with Crippen molar-refractivity contribution >= 4 is 17.5 Å². The first-order valence-electron chi connectivity index (χ1n) is 6.45. The molecule has 0 aliphatic carbocycles. The molecule has 1 heterocycles. The lowest BCUT2D eigenvalue weighted by Gasteiger charge is -2.23. The molecule has 1 atom stereocenters.